The van der Waals surface area contributed by atoms with E-state index in [1.807, 2.05) is 48.2 Å². The summed E-state index contributed by atoms with van der Waals surface area (Å²) in [6.07, 6.45) is 2.50. The van der Waals surface area contributed by atoms with Crippen molar-refractivity contribution in [1.82, 2.24) is 9.88 Å². The van der Waals surface area contributed by atoms with Crippen molar-refractivity contribution in [2.75, 3.05) is 20.8 Å². The maximum Gasteiger partial charge on any atom is 0.320 e. The summed E-state index contributed by atoms with van der Waals surface area (Å²) in [5.41, 5.74) is 2.57. The number of piperidine rings is 1. The number of aryl methyl sites for hydroxylation is 1. The highest BCUT2D eigenvalue weighted by Crippen LogP contribution is 2.39. The van der Waals surface area contributed by atoms with Crippen LogP contribution in [0.5, 0.6) is 11.5 Å². The third kappa shape index (κ3) is 4.06. The van der Waals surface area contributed by atoms with Gasteiger partial charge in [-0.15, -0.1) is 0 Å². The van der Waals surface area contributed by atoms with Crippen LogP contribution in [0.4, 0.5) is 0 Å². The lowest BCUT2D eigenvalue weighted by Gasteiger charge is -2.39. The first-order valence-electron chi connectivity index (χ1n) is 9.19. The predicted molar refractivity (Wildman–Crippen MR) is 102 cm³/mol. The molecule has 3 rings (SSSR count). The van der Waals surface area contributed by atoms with Crippen LogP contribution in [0.1, 0.15) is 42.3 Å². The number of likely N-dealkylation sites (tertiary alicyclic amines) is 1. The summed E-state index contributed by atoms with van der Waals surface area (Å²) in [6, 6.07) is 10.6. The Morgan fingerprint density at radius 2 is 2.04 bits per heavy atom. The van der Waals surface area contributed by atoms with Crippen molar-refractivity contribution < 1.29 is 19.4 Å². The van der Waals surface area contributed by atoms with Gasteiger partial charge in [-0.25, -0.2) is 0 Å². The summed E-state index contributed by atoms with van der Waals surface area (Å²) in [5, 5.41) is 9.82. The van der Waals surface area contributed by atoms with Crippen LogP contribution in [0.15, 0.2) is 36.4 Å². The van der Waals surface area contributed by atoms with Crippen molar-refractivity contribution in [2.45, 2.75) is 38.3 Å². The van der Waals surface area contributed by atoms with E-state index in [9.17, 15) is 9.90 Å². The van der Waals surface area contributed by atoms with Gasteiger partial charge < -0.3 is 14.6 Å². The molecule has 1 fully saturated rings. The van der Waals surface area contributed by atoms with Crippen molar-refractivity contribution in [1.29, 1.82) is 0 Å². The van der Waals surface area contributed by atoms with E-state index in [2.05, 4.69) is 0 Å². The number of ether oxygens (including phenoxy) is 2. The number of rotatable bonds is 6. The van der Waals surface area contributed by atoms with E-state index in [0.717, 1.165) is 29.8 Å². The molecule has 0 bridgehead atoms. The highest BCUT2D eigenvalue weighted by atomic mass is 16.5. The fourth-order valence-electron chi connectivity index (χ4n) is 3.81. The maximum atomic E-state index is 12.0. The Labute approximate surface area is 159 Å². The van der Waals surface area contributed by atoms with Crippen LogP contribution in [0.2, 0.25) is 0 Å². The normalized spacial score (nSPS) is 18.7. The van der Waals surface area contributed by atoms with Gasteiger partial charge in [0.1, 0.15) is 17.5 Å². The molecular weight excluding hydrogens is 344 g/mol. The van der Waals surface area contributed by atoms with E-state index < -0.39 is 12.0 Å². The molecule has 144 valence electrons. The number of methoxy groups -OCH3 is 2. The van der Waals surface area contributed by atoms with Crippen LogP contribution >= 0.6 is 0 Å². The van der Waals surface area contributed by atoms with Crippen molar-refractivity contribution in [2.24, 2.45) is 0 Å². The van der Waals surface area contributed by atoms with E-state index in [-0.39, 0.29) is 6.04 Å². The Morgan fingerprint density at radius 3 is 2.70 bits per heavy atom. The van der Waals surface area contributed by atoms with Crippen molar-refractivity contribution in [3.05, 3.63) is 53.3 Å². The van der Waals surface area contributed by atoms with Crippen LogP contribution in [0.3, 0.4) is 0 Å². The number of pyridine rings is 1. The zero-order chi connectivity index (χ0) is 19.4. The highest BCUT2D eigenvalue weighted by molar-refractivity contribution is 5.73. The van der Waals surface area contributed by atoms with Gasteiger partial charge in [0.2, 0.25) is 0 Å². The SMILES string of the molecule is COc1ccc(OC)c(C(c2cccc(C)n2)N2CCCCC2C(=O)O)c1. The summed E-state index contributed by atoms with van der Waals surface area (Å²) in [6.45, 7) is 2.63. The predicted octanol–water partition coefficient (Wildman–Crippen LogP) is 3.44. The molecule has 1 N–H and O–H groups in total. The monoisotopic (exact) mass is 370 g/mol. The Hall–Kier alpha value is -2.60. The third-order valence-electron chi connectivity index (χ3n) is 5.08. The molecule has 1 aliphatic heterocycles. The van der Waals surface area contributed by atoms with Crippen LogP contribution < -0.4 is 9.47 Å². The summed E-state index contributed by atoms with van der Waals surface area (Å²) in [5.74, 6) is 0.598. The molecule has 0 spiro atoms. The van der Waals surface area contributed by atoms with Crippen LogP contribution in [-0.2, 0) is 4.79 Å². The van der Waals surface area contributed by atoms with E-state index >= 15 is 0 Å². The average molecular weight is 370 g/mol. The highest BCUT2D eigenvalue weighted by Gasteiger charge is 2.37. The van der Waals surface area contributed by atoms with Gasteiger partial charge >= 0.3 is 5.97 Å². The molecule has 1 aromatic carbocycles. The fourth-order valence-corrected chi connectivity index (χ4v) is 3.81. The molecule has 0 radical (unpaired) electrons. The second kappa shape index (κ2) is 8.39. The molecule has 1 saturated heterocycles. The van der Waals surface area contributed by atoms with Crippen molar-refractivity contribution in [3.8, 4) is 11.5 Å². The lowest BCUT2D eigenvalue weighted by Crippen LogP contribution is -2.47. The van der Waals surface area contributed by atoms with Crippen molar-refractivity contribution >= 4 is 5.97 Å². The lowest BCUT2D eigenvalue weighted by molar-refractivity contribution is -0.145. The van der Waals surface area contributed by atoms with Crippen LogP contribution in [-0.4, -0.2) is 47.8 Å². The third-order valence-corrected chi connectivity index (χ3v) is 5.08. The Balaban J connectivity index is 2.17. The molecule has 2 unspecified atom stereocenters. The fraction of sp³-hybridized carbons (Fsp3) is 0.429. The summed E-state index contributed by atoms with van der Waals surface area (Å²) in [7, 11) is 3.24. The number of carbonyl (C=O) groups is 1. The number of carboxylic acid groups (broad SMARTS) is 1. The largest absolute Gasteiger partial charge is 0.497 e. The first-order chi connectivity index (χ1) is 13.0. The van der Waals surface area contributed by atoms with E-state index in [4.69, 9.17) is 14.5 Å². The van der Waals surface area contributed by atoms with Crippen LogP contribution in [0, 0.1) is 6.92 Å². The molecule has 2 aromatic rings. The molecule has 6 nitrogen and oxygen atoms in total. The zero-order valence-electron chi connectivity index (χ0n) is 16.0. The second-order valence-electron chi connectivity index (χ2n) is 6.80. The van der Waals surface area contributed by atoms with Gasteiger partial charge in [-0.3, -0.25) is 14.7 Å². The van der Waals surface area contributed by atoms with Gasteiger partial charge in [-0.1, -0.05) is 12.5 Å². The summed E-state index contributed by atoms with van der Waals surface area (Å²) < 4.78 is 11.0. The summed E-state index contributed by atoms with van der Waals surface area (Å²) in [4.78, 5) is 18.7. The first kappa shape index (κ1) is 19.2. The molecule has 2 atom stereocenters. The smallest absolute Gasteiger partial charge is 0.320 e. The molecule has 0 amide bonds. The Kier molecular flexibility index (Phi) is 5.96. The number of benzene rings is 1. The maximum absolute atomic E-state index is 12.0. The first-order valence-corrected chi connectivity index (χ1v) is 9.19. The topological polar surface area (TPSA) is 71.9 Å². The summed E-state index contributed by atoms with van der Waals surface area (Å²) >= 11 is 0. The van der Waals surface area contributed by atoms with Gasteiger partial charge in [0.15, 0.2) is 0 Å². The minimum Gasteiger partial charge on any atom is -0.497 e. The van der Waals surface area contributed by atoms with E-state index in [1.54, 1.807) is 14.2 Å². The molecule has 2 heterocycles. The van der Waals surface area contributed by atoms with E-state index in [0.29, 0.717) is 24.5 Å². The number of hydrogen-bond donors (Lipinski definition) is 1. The zero-order valence-corrected chi connectivity index (χ0v) is 16.0. The molecule has 27 heavy (non-hydrogen) atoms. The molecule has 1 aromatic heterocycles. The lowest BCUT2D eigenvalue weighted by atomic mass is 9.93. The number of carboxylic acids is 1. The van der Waals surface area contributed by atoms with Crippen LogP contribution in [0.25, 0.3) is 0 Å². The number of nitrogens with zero attached hydrogens (tertiary/aromatic N) is 2. The van der Waals surface area contributed by atoms with Gasteiger partial charge in [0, 0.05) is 11.3 Å². The molecule has 1 aliphatic rings. The van der Waals surface area contributed by atoms with Gasteiger partial charge in [-0.2, -0.15) is 0 Å². The minimum atomic E-state index is -0.797. The average Bonchev–Trinajstić information content (AvgIpc) is 2.68. The molecule has 0 saturated carbocycles. The van der Waals surface area contributed by atoms with Crippen molar-refractivity contribution in [3.63, 3.8) is 0 Å². The quantitative estimate of drug-likeness (QED) is 0.840. The molecular formula is C21H26N2O4. The molecule has 0 aliphatic carbocycles. The Morgan fingerprint density at radius 1 is 1.22 bits per heavy atom. The number of aliphatic carboxylic acids is 1. The number of aromatic nitrogens is 1. The second-order valence-corrected chi connectivity index (χ2v) is 6.80. The molecule has 6 heteroatoms. The van der Waals surface area contributed by atoms with Gasteiger partial charge in [-0.05, 0) is 56.6 Å². The standard InChI is InChI=1S/C21H26N2O4/c1-14-7-6-8-17(22-14)20(23-12-5-4-9-18(23)21(24)25)16-13-15(26-2)10-11-19(16)27-3/h6-8,10-11,13,18,20H,4-5,9,12H2,1-3H3,(H,24,25). The van der Waals surface area contributed by atoms with E-state index in [1.165, 1.54) is 0 Å². The minimum absolute atomic E-state index is 0.323. The van der Waals surface area contributed by atoms with Gasteiger partial charge in [0.25, 0.3) is 0 Å². The Bertz CT molecular complexity index is 809. The van der Waals surface area contributed by atoms with Gasteiger partial charge in [0.05, 0.1) is 26.0 Å². The number of hydrogen-bond acceptors (Lipinski definition) is 5.